The summed E-state index contributed by atoms with van der Waals surface area (Å²) in [7, 11) is 1.62. The van der Waals surface area contributed by atoms with Crippen LogP contribution in [0.3, 0.4) is 0 Å². The Morgan fingerprint density at radius 3 is 2.57 bits per heavy atom. The van der Waals surface area contributed by atoms with Crippen LogP contribution in [0.15, 0.2) is 24.3 Å². The van der Waals surface area contributed by atoms with Gasteiger partial charge in [-0.2, -0.15) is 0 Å². The summed E-state index contributed by atoms with van der Waals surface area (Å²) in [4.78, 5) is 12.2. The predicted octanol–water partition coefficient (Wildman–Crippen LogP) is 2.68. The van der Waals surface area contributed by atoms with E-state index in [4.69, 9.17) is 4.74 Å². The van der Waals surface area contributed by atoms with Crippen LogP contribution in [-0.2, 0) is 4.79 Å². The van der Waals surface area contributed by atoms with Crippen LogP contribution >= 0.6 is 11.3 Å². The van der Waals surface area contributed by atoms with Gasteiger partial charge in [-0.1, -0.05) is 18.3 Å². The van der Waals surface area contributed by atoms with E-state index in [2.05, 4.69) is 20.8 Å². The van der Waals surface area contributed by atoms with Gasteiger partial charge in [0.2, 0.25) is 11.0 Å². The number of carbonyl (C=O) groups is 1. The molecule has 1 amide bonds. The number of aryl methyl sites for hydroxylation is 1. The van der Waals surface area contributed by atoms with E-state index in [1.165, 1.54) is 11.3 Å². The number of nitrogens with one attached hydrogen (secondary N) is 2. The highest BCUT2D eigenvalue weighted by Gasteiger charge is 2.17. The number of amides is 1. The topological polar surface area (TPSA) is 76.1 Å². The Balaban J connectivity index is 1.99. The van der Waals surface area contributed by atoms with Crippen LogP contribution in [0.25, 0.3) is 0 Å². The maximum atomic E-state index is 12.2. The summed E-state index contributed by atoms with van der Waals surface area (Å²) in [5.41, 5.74) is 0.867. The zero-order valence-corrected chi connectivity index (χ0v) is 13.0. The molecule has 0 aliphatic carbocycles. The van der Waals surface area contributed by atoms with Gasteiger partial charge in [-0.25, -0.2) is 0 Å². The Labute approximate surface area is 127 Å². The zero-order valence-electron chi connectivity index (χ0n) is 12.2. The highest BCUT2D eigenvalue weighted by molar-refractivity contribution is 7.15. The molecule has 0 bridgehead atoms. The number of aromatic nitrogens is 2. The molecule has 2 rings (SSSR count). The summed E-state index contributed by atoms with van der Waals surface area (Å²) < 4.78 is 5.11. The van der Waals surface area contributed by atoms with Crippen molar-refractivity contribution in [3.63, 3.8) is 0 Å². The minimum absolute atomic E-state index is 0.121. The van der Waals surface area contributed by atoms with E-state index in [-0.39, 0.29) is 11.9 Å². The van der Waals surface area contributed by atoms with Crippen molar-refractivity contribution in [2.75, 3.05) is 17.7 Å². The monoisotopic (exact) mass is 306 g/mol. The Hall–Kier alpha value is -2.15. The molecule has 0 radical (unpaired) electrons. The third-order valence-corrected chi connectivity index (χ3v) is 3.67. The highest BCUT2D eigenvalue weighted by atomic mass is 32.1. The van der Waals surface area contributed by atoms with Crippen LogP contribution in [-0.4, -0.2) is 29.3 Å². The SMILES string of the molecule is CCC(Nc1ccc(OC)cc1)C(=O)Nc1nnc(C)s1. The van der Waals surface area contributed by atoms with Gasteiger partial charge in [-0.3, -0.25) is 10.1 Å². The molecule has 1 heterocycles. The van der Waals surface area contributed by atoms with Crippen molar-refractivity contribution in [3.05, 3.63) is 29.3 Å². The van der Waals surface area contributed by atoms with Crippen LogP contribution in [0.4, 0.5) is 10.8 Å². The molecule has 7 heteroatoms. The number of hydrogen-bond acceptors (Lipinski definition) is 6. The van der Waals surface area contributed by atoms with Crippen molar-refractivity contribution in [2.45, 2.75) is 26.3 Å². The first kappa shape index (κ1) is 15.2. The molecule has 112 valence electrons. The van der Waals surface area contributed by atoms with Crippen molar-refractivity contribution in [3.8, 4) is 5.75 Å². The average molecular weight is 306 g/mol. The number of methoxy groups -OCH3 is 1. The fourth-order valence-corrected chi connectivity index (χ4v) is 2.38. The first-order valence-corrected chi connectivity index (χ1v) is 7.45. The maximum Gasteiger partial charge on any atom is 0.248 e. The van der Waals surface area contributed by atoms with E-state index < -0.39 is 0 Å². The van der Waals surface area contributed by atoms with E-state index in [0.717, 1.165) is 16.4 Å². The molecular formula is C14H18N4O2S. The third-order valence-electron chi connectivity index (χ3n) is 2.91. The Bertz CT molecular complexity index is 597. The molecule has 0 aliphatic rings. The minimum Gasteiger partial charge on any atom is -0.497 e. The minimum atomic E-state index is -0.331. The van der Waals surface area contributed by atoms with Crippen molar-refractivity contribution in [2.24, 2.45) is 0 Å². The van der Waals surface area contributed by atoms with Gasteiger partial charge in [-0.05, 0) is 37.6 Å². The quantitative estimate of drug-likeness (QED) is 0.858. The predicted molar refractivity (Wildman–Crippen MR) is 84.0 cm³/mol. The normalized spacial score (nSPS) is 11.8. The van der Waals surface area contributed by atoms with Crippen LogP contribution in [0.2, 0.25) is 0 Å². The molecule has 6 nitrogen and oxygen atoms in total. The lowest BCUT2D eigenvalue weighted by molar-refractivity contribution is -0.117. The van der Waals surface area contributed by atoms with E-state index >= 15 is 0 Å². The molecule has 0 fully saturated rings. The lowest BCUT2D eigenvalue weighted by Crippen LogP contribution is -2.34. The molecule has 21 heavy (non-hydrogen) atoms. The van der Waals surface area contributed by atoms with Gasteiger partial charge in [0.15, 0.2) is 0 Å². The van der Waals surface area contributed by atoms with E-state index in [1.807, 2.05) is 38.1 Å². The van der Waals surface area contributed by atoms with Crippen LogP contribution < -0.4 is 15.4 Å². The van der Waals surface area contributed by atoms with Crippen LogP contribution in [0.1, 0.15) is 18.4 Å². The molecular weight excluding hydrogens is 288 g/mol. The fraction of sp³-hybridized carbons (Fsp3) is 0.357. The summed E-state index contributed by atoms with van der Waals surface area (Å²) in [5.74, 6) is 0.659. The van der Waals surface area contributed by atoms with Gasteiger partial charge in [0.1, 0.15) is 16.8 Å². The third kappa shape index (κ3) is 4.16. The van der Waals surface area contributed by atoms with Crippen molar-refractivity contribution in [1.82, 2.24) is 10.2 Å². The van der Waals surface area contributed by atoms with Gasteiger partial charge in [0, 0.05) is 5.69 Å². The Kier molecular flexibility index (Phi) is 5.10. The molecule has 2 aromatic rings. The average Bonchev–Trinajstić information content (AvgIpc) is 2.90. The second-order valence-corrected chi connectivity index (χ2v) is 5.63. The molecule has 1 aromatic heterocycles. The number of nitrogens with zero attached hydrogens (tertiary/aromatic N) is 2. The van der Waals surface area contributed by atoms with E-state index in [1.54, 1.807) is 7.11 Å². The molecule has 2 N–H and O–H groups in total. The Morgan fingerprint density at radius 2 is 2.05 bits per heavy atom. The summed E-state index contributed by atoms with van der Waals surface area (Å²) in [6, 6.07) is 7.12. The number of hydrogen-bond donors (Lipinski definition) is 2. The molecule has 0 aliphatic heterocycles. The smallest absolute Gasteiger partial charge is 0.248 e. The first-order chi connectivity index (χ1) is 10.1. The second-order valence-electron chi connectivity index (χ2n) is 4.45. The number of rotatable bonds is 6. The summed E-state index contributed by atoms with van der Waals surface area (Å²) in [5, 5.41) is 15.1. The van der Waals surface area contributed by atoms with Gasteiger partial charge in [0.05, 0.1) is 7.11 Å². The summed E-state index contributed by atoms with van der Waals surface area (Å²) in [6.45, 7) is 3.80. The van der Waals surface area contributed by atoms with Gasteiger partial charge in [-0.15, -0.1) is 10.2 Å². The lowest BCUT2D eigenvalue weighted by atomic mass is 10.2. The molecule has 1 aromatic carbocycles. The molecule has 1 unspecified atom stereocenters. The van der Waals surface area contributed by atoms with Crippen LogP contribution in [0.5, 0.6) is 5.75 Å². The zero-order chi connectivity index (χ0) is 15.2. The second kappa shape index (κ2) is 7.03. The largest absolute Gasteiger partial charge is 0.497 e. The summed E-state index contributed by atoms with van der Waals surface area (Å²) in [6.07, 6.45) is 0.662. The number of ether oxygens (including phenoxy) is 1. The number of carbonyl (C=O) groups excluding carboxylic acids is 1. The van der Waals surface area contributed by atoms with Gasteiger partial charge >= 0.3 is 0 Å². The molecule has 0 spiro atoms. The highest BCUT2D eigenvalue weighted by Crippen LogP contribution is 2.18. The molecule has 0 saturated carbocycles. The molecule has 0 saturated heterocycles. The maximum absolute atomic E-state index is 12.2. The van der Waals surface area contributed by atoms with Gasteiger partial charge < -0.3 is 10.1 Å². The van der Waals surface area contributed by atoms with E-state index in [9.17, 15) is 4.79 Å². The first-order valence-electron chi connectivity index (χ1n) is 6.64. The van der Waals surface area contributed by atoms with Crippen molar-refractivity contribution in [1.29, 1.82) is 0 Å². The van der Waals surface area contributed by atoms with E-state index in [0.29, 0.717) is 11.6 Å². The molecule has 1 atom stereocenters. The number of benzene rings is 1. The van der Waals surface area contributed by atoms with Crippen molar-refractivity contribution >= 4 is 28.1 Å². The van der Waals surface area contributed by atoms with Crippen molar-refractivity contribution < 1.29 is 9.53 Å². The standard InChI is InChI=1S/C14H18N4O2S/c1-4-12(13(19)16-14-18-17-9(2)21-14)15-10-5-7-11(20-3)8-6-10/h5-8,12,15H,4H2,1-3H3,(H,16,18,19). The fourth-order valence-electron chi connectivity index (χ4n) is 1.78. The van der Waals surface area contributed by atoms with Crippen LogP contribution in [0, 0.1) is 6.92 Å². The number of anilines is 2. The Morgan fingerprint density at radius 1 is 1.33 bits per heavy atom. The lowest BCUT2D eigenvalue weighted by Gasteiger charge is -2.17. The summed E-state index contributed by atoms with van der Waals surface area (Å²) >= 11 is 1.36. The van der Waals surface area contributed by atoms with Gasteiger partial charge in [0.25, 0.3) is 0 Å².